The van der Waals surface area contributed by atoms with Gasteiger partial charge in [0.05, 0.1) is 5.69 Å². The van der Waals surface area contributed by atoms with Gasteiger partial charge in [0.15, 0.2) is 4.77 Å². The number of nitrogens with one attached hydrogen (secondary N) is 2. The number of amides is 1. The minimum atomic E-state index is 0.0610. The Kier molecular flexibility index (Phi) is 7.96. The maximum atomic E-state index is 12.5. The number of hydrogen-bond donors (Lipinski definition) is 2. The summed E-state index contributed by atoms with van der Waals surface area (Å²) in [5.41, 5.74) is 3.26. The quantitative estimate of drug-likeness (QED) is 0.356. The van der Waals surface area contributed by atoms with Crippen molar-refractivity contribution in [1.29, 1.82) is 0 Å². The Bertz CT molecular complexity index is 990. The number of aromatic nitrogens is 5. The molecule has 0 aliphatic carbocycles. The average Bonchev–Trinajstić information content (AvgIpc) is 3.36. The summed E-state index contributed by atoms with van der Waals surface area (Å²) in [5.74, 6) is 0.907. The molecule has 0 spiro atoms. The van der Waals surface area contributed by atoms with Gasteiger partial charge in [-0.3, -0.25) is 19.6 Å². The molecule has 1 amide bonds. The molecule has 0 saturated carbocycles. The third-order valence-electron chi connectivity index (χ3n) is 5.17. The Hall–Kier alpha value is -2.74. The number of hydrogen-bond acceptors (Lipinski definition) is 4. The minimum absolute atomic E-state index is 0.0610. The van der Waals surface area contributed by atoms with Crippen LogP contribution in [0.1, 0.15) is 44.1 Å². The van der Waals surface area contributed by atoms with Crippen molar-refractivity contribution in [3.05, 3.63) is 52.7 Å². The van der Waals surface area contributed by atoms with Crippen molar-refractivity contribution in [3.63, 3.8) is 0 Å². The topological polar surface area (TPSA) is 82.6 Å². The molecule has 2 aromatic heterocycles. The zero-order chi connectivity index (χ0) is 21.3. The van der Waals surface area contributed by atoms with Crippen molar-refractivity contribution >= 4 is 18.1 Å². The number of carbonyl (C=O) groups excluding carboxylic acids is 1. The fourth-order valence-electron chi connectivity index (χ4n) is 3.40. The molecule has 30 heavy (non-hydrogen) atoms. The molecule has 1 aromatic carbocycles. The van der Waals surface area contributed by atoms with Crippen LogP contribution in [0.15, 0.2) is 36.4 Å². The highest BCUT2D eigenvalue weighted by Gasteiger charge is 2.13. The van der Waals surface area contributed by atoms with Gasteiger partial charge in [-0.15, -0.1) is 0 Å². The predicted molar refractivity (Wildman–Crippen MR) is 121 cm³/mol. The first-order chi connectivity index (χ1) is 14.6. The van der Waals surface area contributed by atoms with E-state index in [1.54, 1.807) is 9.47 Å². The van der Waals surface area contributed by atoms with E-state index in [0.29, 0.717) is 4.77 Å². The van der Waals surface area contributed by atoms with E-state index in [1.807, 2.05) is 25.2 Å². The van der Waals surface area contributed by atoms with E-state index in [2.05, 4.69) is 45.5 Å². The molecule has 7 nitrogen and oxygen atoms in total. The lowest BCUT2D eigenvalue weighted by molar-refractivity contribution is -0.130. The van der Waals surface area contributed by atoms with Crippen LogP contribution in [-0.2, 0) is 24.2 Å². The summed E-state index contributed by atoms with van der Waals surface area (Å²) >= 11 is 5.26. The molecule has 3 rings (SSSR count). The Labute approximate surface area is 182 Å². The van der Waals surface area contributed by atoms with E-state index in [-0.39, 0.29) is 12.5 Å². The second kappa shape index (κ2) is 10.9. The molecule has 0 fully saturated rings. The van der Waals surface area contributed by atoms with Gasteiger partial charge >= 0.3 is 0 Å². The summed E-state index contributed by atoms with van der Waals surface area (Å²) in [6.45, 7) is 3.07. The monoisotopic (exact) mass is 426 g/mol. The number of aryl methyl sites for hydroxylation is 2. The highest BCUT2D eigenvalue weighted by molar-refractivity contribution is 7.71. The van der Waals surface area contributed by atoms with Crippen LogP contribution in [-0.4, -0.2) is 49.4 Å². The second-order valence-corrected chi connectivity index (χ2v) is 7.94. The van der Waals surface area contributed by atoms with Crippen LogP contribution in [0.2, 0.25) is 0 Å². The molecule has 2 N–H and O–H groups in total. The lowest BCUT2D eigenvalue weighted by Crippen LogP contribution is -2.31. The molecule has 0 saturated heterocycles. The van der Waals surface area contributed by atoms with Gasteiger partial charge in [0.25, 0.3) is 0 Å². The fraction of sp³-hybridized carbons (Fsp3) is 0.455. The SMILES string of the molecule is CCCc1n[nH]c(=S)n1CC(=O)N(C)CCCCCc1cc(-c2ccccc2)n[nH]1. The van der Waals surface area contributed by atoms with Crippen molar-refractivity contribution in [1.82, 2.24) is 29.9 Å². The maximum Gasteiger partial charge on any atom is 0.242 e. The van der Waals surface area contributed by atoms with Gasteiger partial charge in [0.1, 0.15) is 12.4 Å². The molecular weight excluding hydrogens is 396 g/mol. The average molecular weight is 427 g/mol. The van der Waals surface area contributed by atoms with Crippen molar-refractivity contribution in [3.8, 4) is 11.3 Å². The number of carbonyl (C=O) groups is 1. The van der Waals surface area contributed by atoms with Gasteiger partial charge < -0.3 is 4.90 Å². The zero-order valence-electron chi connectivity index (χ0n) is 17.7. The minimum Gasteiger partial charge on any atom is -0.344 e. The summed E-state index contributed by atoms with van der Waals surface area (Å²) < 4.78 is 2.31. The highest BCUT2D eigenvalue weighted by Crippen LogP contribution is 2.18. The molecule has 0 unspecified atom stereocenters. The molecule has 3 aromatic rings. The largest absolute Gasteiger partial charge is 0.344 e. The Morgan fingerprint density at radius 1 is 1.10 bits per heavy atom. The molecular formula is C22H30N6OS. The molecule has 0 aliphatic heterocycles. The second-order valence-electron chi connectivity index (χ2n) is 7.55. The van der Waals surface area contributed by atoms with E-state index in [1.165, 1.54) is 0 Å². The highest BCUT2D eigenvalue weighted by atomic mass is 32.1. The number of nitrogens with zero attached hydrogens (tertiary/aromatic N) is 4. The Balaban J connectivity index is 1.38. The standard InChI is InChI=1S/C22H30N6OS/c1-3-10-20-25-26-22(30)28(20)16-21(29)27(2)14-9-5-8-13-18-15-19(24-23-18)17-11-6-4-7-12-17/h4,6-7,11-12,15H,3,5,8-10,13-14,16H2,1-2H3,(H,23,24)(H,26,30). The molecule has 0 aliphatic rings. The molecule has 0 atom stereocenters. The van der Waals surface area contributed by atoms with E-state index >= 15 is 0 Å². The third kappa shape index (κ3) is 5.89. The van der Waals surface area contributed by atoms with Crippen LogP contribution in [0.4, 0.5) is 0 Å². The van der Waals surface area contributed by atoms with E-state index in [4.69, 9.17) is 12.2 Å². The Morgan fingerprint density at radius 2 is 1.90 bits per heavy atom. The van der Waals surface area contributed by atoms with E-state index in [9.17, 15) is 4.79 Å². The van der Waals surface area contributed by atoms with Crippen molar-refractivity contribution in [2.24, 2.45) is 0 Å². The van der Waals surface area contributed by atoms with Gasteiger partial charge in [-0.2, -0.15) is 10.2 Å². The predicted octanol–water partition coefficient (Wildman–Crippen LogP) is 4.15. The first-order valence-electron chi connectivity index (χ1n) is 10.6. The van der Waals surface area contributed by atoms with Crippen LogP contribution in [0.25, 0.3) is 11.3 Å². The van der Waals surface area contributed by atoms with Gasteiger partial charge in [-0.25, -0.2) is 0 Å². The first kappa shape index (κ1) is 22.0. The van der Waals surface area contributed by atoms with Gasteiger partial charge in [-0.1, -0.05) is 43.7 Å². The lowest BCUT2D eigenvalue weighted by Gasteiger charge is -2.17. The Morgan fingerprint density at radius 3 is 2.67 bits per heavy atom. The van der Waals surface area contributed by atoms with Crippen molar-refractivity contribution < 1.29 is 4.79 Å². The number of rotatable bonds is 11. The first-order valence-corrected chi connectivity index (χ1v) is 11.0. The van der Waals surface area contributed by atoms with Crippen LogP contribution < -0.4 is 0 Å². The summed E-state index contributed by atoms with van der Waals surface area (Å²) in [7, 11) is 1.85. The summed E-state index contributed by atoms with van der Waals surface area (Å²) in [6, 6.07) is 12.3. The third-order valence-corrected chi connectivity index (χ3v) is 5.48. The fourth-order valence-corrected chi connectivity index (χ4v) is 3.61. The lowest BCUT2D eigenvalue weighted by atomic mass is 10.1. The maximum absolute atomic E-state index is 12.5. The smallest absolute Gasteiger partial charge is 0.242 e. The van der Waals surface area contributed by atoms with Crippen LogP contribution in [0, 0.1) is 4.77 Å². The summed E-state index contributed by atoms with van der Waals surface area (Å²) in [5, 5.41) is 14.5. The van der Waals surface area contributed by atoms with Crippen LogP contribution in [0.3, 0.4) is 0 Å². The number of unbranched alkanes of at least 4 members (excludes halogenated alkanes) is 2. The van der Waals surface area contributed by atoms with Crippen molar-refractivity contribution in [2.75, 3.05) is 13.6 Å². The summed E-state index contributed by atoms with van der Waals surface area (Å²) in [6.07, 6.45) is 5.83. The van der Waals surface area contributed by atoms with Gasteiger partial charge in [0.2, 0.25) is 5.91 Å². The normalized spacial score (nSPS) is 11.0. The number of likely N-dealkylation sites (N-methyl/N-ethyl adjacent to an activating group) is 1. The zero-order valence-corrected chi connectivity index (χ0v) is 18.5. The van der Waals surface area contributed by atoms with Crippen LogP contribution >= 0.6 is 12.2 Å². The molecule has 160 valence electrons. The summed E-state index contributed by atoms with van der Waals surface area (Å²) in [4.78, 5) is 14.3. The van der Waals surface area contributed by atoms with E-state index in [0.717, 1.165) is 67.8 Å². The molecule has 2 heterocycles. The molecule has 0 bridgehead atoms. The van der Waals surface area contributed by atoms with Gasteiger partial charge in [0, 0.05) is 31.3 Å². The number of aromatic amines is 2. The van der Waals surface area contributed by atoms with E-state index < -0.39 is 0 Å². The van der Waals surface area contributed by atoms with Crippen molar-refractivity contribution in [2.45, 2.75) is 52.0 Å². The molecule has 0 radical (unpaired) electrons. The van der Waals surface area contributed by atoms with Gasteiger partial charge in [-0.05, 0) is 44.0 Å². The van der Waals surface area contributed by atoms with Crippen LogP contribution in [0.5, 0.6) is 0 Å². The number of H-pyrrole nitrogens is 2. The molecule has 8 heteroatoms. The number of benzene rings is 1.